The van der Waals surface area contributed by atoms with E-state index in [4.69, 9.17) is 0 Å². The third-order valence-electron chi connectivity index (χ3n) is 3.61. The van der Waals surface area contributed by atoms with Crippen LogP contribution in [-0.4, -0.2) is 0 Å². The average Bonchev–Trinajstić information content (AvgIpc) is 2.38. The van der Waals surface area contributed by atoms with Gasteiger partial charge in [0.2, 0.25) is 0 Å². The second-order valence-electron chi connectivity index (χ2n) is 6.10. The molecule has 0 aromatic heterocycles. The maximum atomic E-state index is 2.41. The Kier molecular flexibility index (Phi) is 11.1. The molecule has 0 aromatic rings. The van der Waals surface area contributed by atoms with Gasteiger partial charge in [0.15, 0.2) is 0 Å². The second-order valence-corrected chi connectivity index (χ2v) is 6.10. The van der Waals surface area contributed by atoms with Crippen molar-refractivity contribution in [3.05, 3.63) is 46.6 Å². The van der Waals surface area contributed by atoms with Gasteiger partial charge < -0.3 is 0 Å². The highest BCUT2D eigenvalue weighted by molar-refractivity contribution is 5.08. The van der Waals surface area contributed by atoms with E-state index < -0.39 is 0 Å². The summed E-state index contributed by atoms with van der Waals surface area (Å²) < 4.78 is 0. The number of hydrogen-bond donors (Lipinski definition) is 0. The monoisotopic (exact) mass is 274 g/mol. The summed E-state index contributed by atoms with van der Waals surface area (Å²) in [5, 5.41) is 0. The van der Waals surface area contributed by atoms with Crippen LogP contribution in [-0.2, 0) is 0 Å². The van der Waals surface area contributed by atoms with Gasteiger partial charge in [-0.2, -0.15) is 0 Å². The summed E-state index contributed by atoms with van der Waals surface area (Å²) in [5.41, 5.74) is 5.95. The predicted octanol–water partition coefficient (Wildman–Crippen LogP) is 7.15. The fourth-order valence-electron chi connectivity index (χ4n) is 1.94. The molecule has 0 radical (unpaired) electrons. The molecule has 0 aliphatic carbocycles. The molecule has 0 spiro atoms. The van der Waals surface area contributed by atoms with Crippen LogP contribution in [0.2, 0.25) is 0 Å². The van der Waals surface area contributed by atoms with Crippen molar-refractivity contribution in [3.8, 4) is 0 Å². The average molecular weight is 274 g/mol. The fourth-order valence-corrected chi connectivity index (χ4v) is 1.94. The van der Waals surface area contributed by atoms with Crippen molar-refractivity contribution >= 4 is 0 Å². The molecular weight excluding hydrogens is 240 g/mol. The number of allylic oxidation sites excluding steroid dienone is 8. The van der Waals surface area contributed by atoms with Gasteiger partial charge in [0.05, 0.1) is 0 Å². The molecule has 0 aromatic carbocycles. The molecule has 114 valence electrons. The third kappa shape index (κ3) is 12.0. The standard InChI is InChI=1S/C20H34/c1-7-18(4)12-9-14-20(6)16-10-15-19(5)13-8-11-17(2)3/h11-12,14-15H,7-10,13,16H2,1-6H3/b18-12+,19-15+,20-14+. The van der Waals surface area contributed by atoms with E-state index in [9.17, 15) is 0 Å². The van der Waals surface area contributed by atoms with Crippen molar-refractivity contribution in [3.63, 3.8) is 0 Å². The van der Waals surface area contributed by atoms with E-state index in [0.29, 0.717) is 0 Å². The topological polar surface area (TPSA) is 0 Å². The number of hydrogen-bond acceptors (Lipinski definition) is 0. The van der Waals surface area contributed by atoms with Gasteiger partial charge in [0.1, 0.15) is 0 Å². The van der Waals surface area contributed by atoms with Crippen LogP contribution >= 0.6 is 0 Å². The van der Waals surface area contributed by atoms with Crippen molar-refractivity contribution in [1.29, 1.82) is 0 Å². The van der Waals surface area contributed by atoms with Gasteiger partial charge in [-0.25, -0.2) is 0 Å². The van der Waals surface area contributed by atoms with E-state index >= 15 is 0 Å². The van der Waals surface area contributed by atoms with Crippen LogP contribution in [0.1, 0.15) is 80.1 Å². The summed E-state index contributed by atoms with van der Waals surface area (Å²) in [6.07, 6.45) is 16.4. The Morgan fingerprint density at radius 3 is 1.70 bits per heavy atom. The lowest BCUT2D eigenvalue weighted by Crippen LogP contribution is -1.81. The predicted molar refractivity (Wildman–Crippen MR) is 94.1 cm³/mol. The van der Waals surface area contributed by atoms with Gasteiger partial charge in [-0.15, -0.1) is 0 Å². The molecule has 20 heavy (non-hydrogen) atoms. The van der Waals surface area contributed by atoms with Crippen LogP contribution in [0.4, 0.5) is 0 Å². The summed E-state index contributed by atoms with van der Waals surface area (Å²) in [5.74, 6) is 0. The minimum absolute atomic E-state index is 1.09. The molecule has 0 saturated carbocycles. The largest absolute Gasteiger partial charge is 0.0856 e. The molecule has 0 nitrogen and oxygen atoms in total. The highest BCUT2D eigenvalue weighted by Gasteiger charge is 1.92. The van der Waals surface area contributed by atoms with E-state index in [0.717, 1.165) is 6.42 Å². The first-order valence-corrected chi connectivity index (χ1v) is 8.06. The molecule has 0 bridgehead atoms. The molecule has 0 amide bonds. The zero-order valence-corrected chi connectivity index (χ0v) is 14.6. The highest BCUT2D eigenvalue weighted by atomic mass is 14.0. The first-order chi connectivity index (χ1) is 9.45. The van der Waals surface area contributed by atoms with Crippen molar-refractivity contribution in [1.82, 2.24) is 0 Å². The molecule has 0 aliphatic heterocycles. The Morgan fingerprint density at radius 2 is 1.15 bits per heavy atom. The first kappa shape index (κ1) is 19.0. The zero-order chi connectivity index (χ0) is 15.4. The highest BCUT2D eigenvalue weighted by Crippen LogP contribution is 2.12. The smallest absolute Gasteiger partial charge is 0.0164 e. The van der Waals surface area contributed by atoms with Crippen LogP contribution in [0.25, 0.3) is 0 Å². The van der Waals surface area contributed by atoms with Crippen molar-refractivity contribution < 1.29 is 0 Å². The summed E-state index contributed by atoms with van der Waals surface area (Å²) in [4.78, 5) is 0. The van der Waals surface area contributed by atoms with Gasteiger partial charge in [-0.05, 0) is 73.1 Å². The molecule has 0 heteroatoms. The SMILES string of the molecule is CC/C(C)=C/C/C=C(\C)CC/C=C(\C)CCC=C(C)C. The summed E-state index contributed by atoms with van der Waals surface area (Å²) in [6.45, 7) is 13.3. The summed E-state index contributed by atoms with van der Waals surface area (Å²) in [7, 11) is 0. The molecule has 0 fully saturated rings. The van der Waals surface area contributed by atoms with Crippen LogP contribution < -0.4 is 0 Å². The summed E-state index contributed by atoms with van der Waals surface area (Å²) in [6, 6.07) is 0. The fraction of sp³-hybridized carbons (Fsp3) is 0.600. The van der Waals surface area contributed by atoms with E-state index in [1.54, 1.807) is 0 Å². The third-order valence-corrected chi connectivity index (χ3v) is 3.61. The lowest BCUT2D eigenvalue weighted by molar-refractivity contribution is 0.915. The minimum Gasteiger partial charge on any atom is -0.0856 e. The maximum absolute atomic E-state index is 2.41. The zero-order valence-electron chi connectivity index (χ0n) is 14.6. The Hall–Kier alpha value is -1.04. The van der Waals surface area contributed by atoms with Crippen molar-refractivity contribution in [2.75, 3.05) is 0 Å². The molecular formula is C20H34. The van der Waals surface area contributed by atoms with Gasteiger partial charge in [0, 0.05) is 0 Å². The van der Waals surface area contributed by atoms with Gasteiger partial charge in [-0.3, -0.25) is 0 Å². The lowest BCUT2D eigenvalue weighted by atomic mass is 10.1. The second kappa shape index (κ2) is 11.8. The molecule has 0 atom stereocenters. The van der Waals surface area contributed by atoms with Gasteiger partial charge in [-0.1, -0.05) is 53.5 Å². The van der Waals surface area contributed by atoms with E-state index in [1.807, 2.05) is 0 Å². The van der Waals surface area contributed by atoms with Crippen LogP contribution in [0.15, 0.2) is 46.6 Å². The van der Waals surface area contributed by atoms with Crippen molar-refractivity contribution in [2.45, 2.75) is 80.1 Å². The lowest BCUT2D eigenvalue weighted by Gasteiger charge is -2.01. The Bertz CT molecular complexity index is 371. The van der Waals surface area contributed by atoms with Gasteiger partial charge in [0.25, 0.3) is 0 Å². The minimum atomic E-state index is 1.09. The Balaban J connectivity index is 3.97. The van der Waals surface area contributed by atoms with E-state index in [1.165, 1.54) is 54.4 Å². The van der Waals surface area contributed by atoms with Crippen LogP contribution in [0, 0.1) is 0 Å². The van der Waals surface area contributed by atoms with Crippen LogP contribution in [0.5, 0.6) is 0 Å². The molecule has 0 saturated heterocycles. The quantitative estimate of drug-likeness (QED) is 0.391. The number of rotatable bonds is 9. The molecule has 0 unspecified atom stereocenters. The van der Waals surface area contributed by atoms with Gasteiger partial charge >= 0.3 is 0 Å². The summed E-state index contributed by atoms with van der Waals surface area (Å²) >= 11 is 0. The molecule has 0 heterocycles. The Morgan fingerprint density at radius 1 is 0.650 bits per heavy atom. The maximum Gasteiger partial charge on any atom is -0.0164 e. The Labute approximate surface area is 127 Å². The van der Waals surface area contributed by atoms with Crippen LogP contribution in [0.3, 0.4) is 0 Å². The van der Waals surface area contributed by atoms with E-state index in [2.05, 4.69) is 65.8 Å². The molecule has 0 N–H and O–H groups in total. The van der Waals surface area contributed by atoms with E-state index in [-0.39, 0.29) is 0 Å². The normalized spacial score (nSPS) is 13.6. The molecule has 0 aliphatic rings. The van der Waals surface area contributed by atoms with Crippen molar-refractivity contribution in [2.24, 2.45) is 0 Å². The molecule has 0 rings (SSSR count). The first-order valence-electron chi connectivity index (χ1n) is 8.06.